The maximum Gasteiger partial charge on any atom is 0.162 e. The molecule has 0 amide bonds. The van der Waals surface area contributed by atoms with Crippen LogP contribution >= 0.6 is 0 Å². The lowest BCUT2D eigenvalue weighted by atomic mass is 10.0. The molecule has 92 valence electrons. The summed E-state index contributed by atoms with van der Waals surface area (Å²) in [4.78, 5) is 0.814. The number of benzene rings is 1. The first-order valence-corrected chi connectivity index (χ1v) is 7.03. The van der Waals surface area contributed by atoms with Gasteiger partial charge in [-0.05, 0) is 18.1 Å². The van der Waals surface area contributed by atoms with Crippen LogP contribution in [0.3, 0.4) is 0 Å². The van der Waals surface area contributed by atoms with Gasteiger partial charge in [0.25, 0.3) is 0 Å². The minimum absolute atomic E-state index is 0.00820. The second kappa shape index (κ2) is 3.99. The van der Waals surface area contributed by atoms with E-state index in [1.54, 1.807) is 0 Å². The van der Waals surface area contributed by atoms with Gasteiger partial charge in [-0.25, -0.2) is 0 Å². The summed E-state index contributed by atoms with van der Waals surface area (Å²) in [7, 11) is -1.02. The van der Waals surface area contributed by atoms with Crippen LogP contribution in [-0.4, -0.2) is 22.7 Å². The van der Waals surface area contributed by atoms with Crippen molar-refractivity contribution in [1.82, 2.24) is 0 Å². The molecule has 17 heavy (non-hydrogen) atoms. The topological polar surface area (TPSA) is 61.6 Å². The summed E-state index contributed by atoms with van der Waals surface area (Å²) >= 11 is 0. The second-order valence-corrected chi connectivity index (χ2v) is 5.94. The highest BCUT2D eigenvalue weighted by Crippen LogP contribution is 2.43. The molecule has 3 atom stereocenters. The fraction of sp³-hybridized carbons (Fsp3) is 0.500. The lowest BCUT2D eigenvalue weighted by molar-refractivity contribution is 0.171. The van der Waals surface area contributed by atoms with Crippen molar-refractivity contribution >= 4 is 10.8 Å². The van der Waals surface area contributed by atoms with E-state index < -0.39 is 10.8 Å². The second-order valence-electron chi connectivity index (χ2n) is 4.30. The molecule has 0 spiro atoms. The van der Waals surface area contributed by atoms with Crippen molar-refractivity contribution in [2.24, 2.45) is 5.73 Å². The Morgan fingerprint density at radius 2 is 2.00 bits per heavy atom. The van der Waals surface area contributed by atoms with Gasteiger partial charge in [0.2, 0.25) is 0 Å². The molecule has 2 heterocycles. The van der Waals surface area contributed by atoms with E-state index in [1.807, 2.05) is 19.1 Å². The Labute approximate surface area is 103 Å². The van der Waals surface area contributed by atoms with Gasteiger partial charge in [0.1, 0.15) is 13.2 Å². The van der Waals surface area contributed by atoms with Crippen molar-refractivity contribution in [3.63, 3.8) is 0 Å². The average molecular weight is 253 g/mol. The van der Waals surface area contributed by atoms with E-state index in [4.69, 9.17) is 15.2 Å². The third-order valence-corrected chi connectivity index (χ3v) is 5.29. The SMILES string of the molecule is CCC1C(N)c2cc3c(cc2S1=O)OCCO3. The first kappa shape index (κ1) is 11.0. The first-order valence-electron chi connectivity index (χ1n) is 5.82. The number of nitrogens with two attached hydrogens (primary N) is 1. The molecule has 2 N–H and O–H groups in total. The van der Waals surface area contributed by atoms with Gasteiger partial charge in [-0.3, -0.25) is 4.21 Å². The minimum atomic E-state index is -1.02. The smallest absolute Gasteiger partial charge is 0.162 e. The summed E-state index contributed by atoms with van der Waals surface area (Å²) in [5.74, 6) is 1.41. The highest BCUT2D eigenvalue weighted by atomic mass is 32.2. The molecule has 3 rings (SSSR count). The summed E-state index contributed by atoms with van der Waals surface area (Å²) in [5, 5.41) is 0.00820. The summed E-state index contributed by atoms with van der Waals surface area (Å²) in [6.07, 6.45) is 0.814. The van der Waals surface area contributed by atoms with E-state index in [0.29, 0.717) is 19.0 Å². The number of hydrogen-bond donors (Lipinski definition) is 1. The predicted octanol–water partition coefficient (Wildman–Crippen LogP) is 1.36. The molecular formula is C12H15NO3S. The molecule has 0 fully saturated rings. The molecular weight excluding hydrogens is 238 g/mol. The number of fused-ring (bicyclic) bond motifs is 2. The van der Waals surface area contributed by atoms with Crippen LogP contribution in [0.25, 0.3) is 0 Å². The Bertz CT molecular complexity index is 489. The lowest BCUT2D eigenvalue weighted by Crippen LogP contribution is -2.22. The molecule has 0 saturated carbocycles. The van der Waals surface area contributed by atoms with E-state index in [-0.39, 0.29) is 11.3 Å². The molecule has 1 aromatic carbocycles. The molecule has 2 aliphatic heterocycles. The lowest BCUT2D eigenvalue weighted by Gasteiger charge is -2.19. The van der Waals surface area contributed by atoms with E-state index in [2.05, 4.69) is 0 Å². The molecule has 0 saturated heterocycles. The maximum atomic E-state index is 12.3. The van der Waals surface area contributed by atoms with Gasteiger partial charge in [-0.2, -0.15) is 0 Å². The van der Waals surface area contributed by atoms with Crippen molar-refractivity contribution < 1.29 is 13.7 Å². The van der Waals surface area contributed by atoms with Crippen LogP contribution in [0.1, 0.15) is 24.9 Å². The normalized spacial score (nSPS) is 30.1. The number of hydrogen-bond acceptors (Lipinski definition) is 4. The Kier molecular flexibility index (Phi) is 2.60. The largest absolute Gasteiger partial charge is 0.486 e. The maximum absolute atomic E-state index is 12.3. The van der Waals surface area contributed by atoms with Crippen LogP contribution in [-0.2, 0) is 10.8 Å². The third kappa shape index (κ3) is 1.57. The van der Waals surface area contributed by atoms with Crippen LogP contribution in [0.4, 0.5) is 0 Å². The standard InChI is InChI=1S/C12H15NO3S/c1-2-10-12(13)7-5-8-9(16-4-3-15-8)6-11(7)17(10)14/h5-6,10,12H,2-4,13H2,1H3. The fourth-order valence-corrected chi connectivity index (χ4v) is 4.11. The van der Waals surface area contributed by atoms with E-state index in [1.165, 1.54) is 0 Å². The number of rotatable bonds is 1. The van der Waals surface area contributed by atoms with E-state index in [9.17, 15) is 4.21 Å². The Morgan fingerprint density at radius 3 is 2.65 bits per heavy atom. The van der Waals surface area contributed by atoms with Crippen LogP contribution in [0.15, 0.2) is 17.0 Å². The van der Waals surface area contributed by atoms with Crippen LogP contribution in [0, 0.1) is 0 Å². The first-order chi connectivity index (χ1) is 8.22. The van der Waals surface area contributed by atoms with Gasteiger partial charge < -0.3 is 15.2 Å². The summed E-state index contributed by atoms with van der Waals surface area (Å²) in [6.45, 7) is 3.12. The monoisotopic (exact) mass is 253 g/mol. The molecule has 5 heteroatoms. The molecule has 1 aromatic rings. The van der Waals surface area contributed by atoms with Crippen LogP contribution < -0.4 is 15.2 Å². The van der Waals surface area contributed by atoms with Crippen molar-refractivity contribution in [3.8, 4) is 11.5 Å². The molecule has 2 aliphatic rings. The van der Waals surface area contributed by atoms with Crippen molar-refractivity contribution in [1.29, 1.82) is 0 Å². The van der Waals surface area contributed by atoms with E-state index in [0.717, 1.165) is 22.6 Å². The zero-order valence-electron chi connectivity index (χ0n) is 9.64. The van der Waals surface area contributed by atoms with Crippen molar-refractivity contribution in [2.45, 2.75) is 29.5 Å². The molecule has 0 bridgehead atoms. The van der Waals surface area contributed by atoms with Gasteiger partial charge >= 0.3 is 0 Å². The van der Waals surface area contributed by atoms with Gasteiger partial charge in [0.15, 0.2) is 11.5 Å². The fourth-order valence-electron chi connectivity index (χ4n) is 2.42. The van der Waals surface area contributed by atoms with E-state index >= 15 is 0 Å². The van der Waals surface area contributed by atoms with Crippen molar-refractivity contribution in [2.75, 3.05) is 13.2 Å². The molecule has 0 radical (unpaired) electrons. The van der Waals surface area contributed by atoms with Gasteiger partial charge in [0, 0.05) is 17.0 Å². The van der Waals surface area contributed by atoms with Gasteiger partial charge in [-0.15, -0.1) is 0 Å². The Morgan fingerprint density at radius 1 is 1.35 bits per heavy atom. The predicted molar refractivity (Wildman–Crippen MR) is 64.8 cm³/mol. The zero-order valence-corrected chi connectivity index (χ0v) is 10.5. The van der Waals surface area contributed by atoms with Crippen LogP contribution in [0.2, 0.25) is 0 Å². The minimum Gasteiger partial charge on any atom is -0.486 e. The molecule has 0 aliphatic carbocycles. The summed E-state index contributed by atoms with van der Waals surface area (Å²) in [6, 6.07) is 3.56. The van der Waals surface area contributed by atoms with Crippen molar-refractivity contribution in [3.05, 3.63) is 17.7 Å². The molecule has 3 unspecified atom stereocenters. The number of ether oxygens (including phenoxy) is 2. The van der Waals surface area contributed by atoms with Gasteiger partial charge in [0.05, 0.1) is 16.0 Å². The Balaban J connectivity index is 2.11. The zero-order chi connectivity index (χ0) is 12.0. The third-order valence-electron chi connectivity index (χ3n) is 3.33. The Hall–Kier alpha value is -1.07. The molecule has 0 aromatic heterocycles. The highest BCUT2D eigenvalue weighted by molar-refractivity contribution is 7.86. The molecule has 4 nitrogen and oxygen atoms in total. The highest BCUT2D eigenvalue weighted by Gasteiger charge is 2.37. The van der Waals surface area contributed by atoms with Gasteiger partial charge in [-0.1, -0.05) is 6.92 Å². The summed E-state index contributed by atoms with van der Waals surface area (Å²) in [5.41, 5.74) is 7.08. The van der Waals surface area contributed by atoms with Crippen LogP contribution in [0.5, 0.6) is 11.5 Å². The summed E-state index contributed by atoms with van der Waals surface area (Å²) < 4.78 is 23.3. The average Bonchev–Trinajstić information content (AvgIpc) is 2.59. The quantitative estimate of drug-likeness (QED) is 0.821.